The molecule has 6 aliphatic rings. The van der Waals surface area contributed by atoms with Crippen LogP contribution < -0.4 is 5.73 Å². The SMILES string of the molecule is C=CC(C)O.C=CC(C)OCC/C=N/O.C=CC(C)OCCC(OC)OC.C=CC(C)OCCC=O.C[C@H]1OCCC2=NOC[C@@H]21.C[C@H]1OCC[C@@](CC(=S)CC(=O)c2ccccc2)(c2ccccc2F)[C@@H]1CO.C[C@H]1OCC[C@@](N)(c2ccccc2F)[C@@H]1CO.C[C@H]1OCC[C@]2(c3ccccc3F)COC[C@H]12. The molecule has 10 rings (SSSR count). The summed E-state index contributed by atoms with van der Waals surface area (Å²) in [7, 11) is 3.23. The maximum Gasteiger partial charge on any atom is 0.167 e. The first-order chi connectivity index (χ1) is 51.8. The van der Waals surface area contributed by atoms with Gasteiger partial charge in [-0.1, -0.05) is 127 Å². The molecule has 4 aromatic carbocycles. The molecule has 0 spiro atoms. The lowest BCUT2D eigenvalue weighted by Gasteiger charge is -2.47. The topological polar surface area (TPSA) is 267 Å². The van der Waals surface area contributed by atoms with E-state index in [4.69, 9.17) is 80.5 Å². The van der Waals surface area contributed by atoms with Crippen molar-refractivity contribution in [2.75, 3.05) is 93.5 Å². The fraction of sp³-hybridized carbons (Fsp3) is 0.560. The number of ketones is 1. The van der Waals surface area contributed by atoms with Crippen LogP contribution >= 0.6 is 12.2 Å². The summed E-state index contributed by atoms with van der Waals surface area (Å²) in [6.07, 6.45) is 13.9. The molecule has 5 fully saturated rings. The third-order valence-corrected chi connectivity index (χ3v) is 20.1. The van der Waals surface area contributed by atoms with Gasteiger partial charge in [0.15, 0.2) is 12.1 Å². The lowest BCUT2D eigenvalue weighted by Crippen LogP contribution is -2.55. The number of aliphatic hydroxyl groups excluding tert-OH is 3. The predicted octanol–water partition coefficient (Wildman–Crippen LogP) is 14.0. The summed E-state index contributed by atoms with van der Waals surface area (Å²) < 4.78 is 96.2. The number of hydrogen-bond acceptors (Lipinski definition) is 21. The normalized spacial score (nSPS) is 25.5. The first-order valence-electron chi connectivity index (χ1n) is 37.1. The van der Waals surface area contributed by atoms with E-state index in [0.717, 1.165) is 44.3 Å². The zero-order valence-electron chi connectivity index (χ0n) is 65.1. The van der Waals surface area contributed by atoms with E-state index in [1.807, 2.05) is 65.0 Å². The number of fused-ring (bicyclic) bond motifs is 2. The Labute approximate surface area is 644 Å². The highest BCUT2D eigenvalue weighted by Gasteiger charge is 2.52. The van der Waals surface area contributed by atoms with E-state index >= 15 is 0 Å². The maximum absolute atomic E-state index is 14.8. The summed E-state index contributed by atoms with van der Waals surface area (Å²) in [4.78, 5) is 27.9. The zero-order valence-corrected chi connectivity index (χ0v) is 65.9. The lowest BCUT2D eigenvalue weighted by atomic mass is 9.62. The number of methoxy groups -OCH3 is 2. The van der Waals surface area contributed by atoms with E-state index in [9.17, 15) is 33.0 Å². The van der Waals surface area contributed by atoms with Gasteiger partial charge in [-0.3, -0.25) is 4.79 Å². The molecule has 4 aromatic rings. The Hall–Kier alpha value is -6.56. The van der Waals surface area contributed by atoms with E-state index < -0.39 is 11.0 Å². The van der Waals surface area contributed by atoms with Crippen LogP contribution in [-0.4, -0.2) is 198 Å². The summed E-state index contributed by atoms with van der Waals surface area (Å²) in [6, 6.07) is 29.3. The minimum atomic E-state index is -0.849. The number of nitrogens with two attached hydrogens (primary N) is 1. The second-order valence-electron chi connectivity index (χ2n) is 27.1. The number of carbonyl (C=O) groups excluding carboxylic acids is 2. The zero-order chi connectivity index (χ0) is 80.1. The summed E-state index contributed by atoms with van der Waals surface area (Å²) in [5, 5.41) is 42.6. The summed E-state index contributed by atoms with van der Waals surface area (Å²) in [5.74, 6) is -0.667. The molecule has 5 saturated heterocycles. The molecule has 0 bridgehead atoms. The highest BCUT2D eigenvalue weighted by atomic mass is 32.1. The standard InChI is InChI=1S/C23H25FO3S.C14H17FO2.C13H18FNO2.C9H18O3.C7H11NO2.C7H13NO2.C7H12O2.C4H8O/c1-16-20(15-25)23(11-12-27-16,19-9-5-6-10-21(19)24)14-18(28)13-22(26)17-7-3-2-4-8-17;1-10-12-8-16-9-14(12,6-7-17-10)11-4-2-3-5-13(11)15;1-9-11(8-16)13(15,6-7-17-9)10-4-2-3-5-12(10)14;1-5-8(2)12-7-6-9(10-3)11-4;1-5-6-4-10-8-7(6)2-3-9-5;1-3-7(2)10-6-4-5-8-9;1-3-7(2)9-6-4-5-8;1-3-4(2)5/h2-10,16,20,25H,11-15H2,1H3;2-5,10,12H,6-9H2,1H3;2-5,9,11,16H,6-8,15H2,1H3;5,8-9H,1,6-7H2,2-4H3;5-6H,2-4H2,1H3;3,5,7,9H,1,4,6H2,2H3;3,5,7H,1,4,6H2,2H3;3-5H,1H2,2H3/b;;;;;8-5+;;/t16-,20-,23-;10-,12-,14-;9-,11-,13-;;5-,6-;;;/m111.1.../s1. The van der Waals surface area contributed by atoms with Crippen molar-refractivity contribution < 1.29 is 95.5 Å². The predicted molar refractivity (Wildman–Crippen MR) is 420 cm³/mol. The monoisotopic (exact) mass is 1530 g/mol. The van der Waals surface area contributed by atoms with Crippen LogP contribution in [-0.2, 0) is 73.4 Å². The first kappa shape index (κ1) is 95.6. The van der Waals surface area contributed by atoms with Crippen molar-refractivity contribution in [1.82, 2.24) is 0 Å². The number of aliphatic hydroxyl groups is 3. The Morgan fingerprint density at radius 2 is 1.15 bits per heavy atom. The summed E-state index contributed by atoms with van der Waals surface area (Å²) in [5.41, 5.74) is 8.25. The number of rotatable bonds is 28. The largest absolute Gasteiger partial charge is 0.411 e. The molecule has 0 aliphatic carbocycles. The third kappa shape index (κ3) is 31.0. The van der Waals surface area contributed by atoms with Gasteiger partial charge in [-0.2, -0.15) is 0 Å². The molecular formula is C84H122F3N3O17S. The fourth-order valence-corrected chi connectivity index (χ4v) is 13.7. The number of nitrogens with zero attached hydrogens (tertiary/aromatic N) is 2. The number of oxime groups is 2. The molecule has 0 amide bonds. The molecule has 6 N–H and O–H groups in total. The Bertz CT molecular complexity index is 3290. The minimum Gasteiger partial charge on any atom is -0.411 e. The molecule has 4 unspecified atom stereocenters. The Balaban J connectivity index is 0.000000335. The number of hydrogen-bond donors (Lipinski definition) is 5. The average Bonchev–Trinajstić information content (AvgIpc) is 1.02. The van der Waals surface area contributed by atoms with Gasteiger partial charge in [-0.05, 0) is 110 Å². The molecule has 24 heteroatoms. The smallest absolute Gasteiger partial charge is 0.167 e. The highest BCUT2D eigenvalue weighted by Crippen LogP contribution is 2.48. The van der Waals surface area contributed by atoms with Gasteiger partial charge < -0.3 is 83.3 Å². The van der Waals surface area contributed by atoms with E-state index in [-0.39, 0.29) is 115 Å². The van der Waals surface area contributed by atoms with Crippen LogP contribution in [0.2, 0.25) is 0 Å². The fourth-order valence-electron chi connectivity index (χ4n) is 13.3. The van der Waals surface area contributed by atoms with Crippen LogP contribution in [0.3, 0.4) is 0 Å². The molecule has 6 aliphatic heterocycles. The highest BCUT2D eigenvalue weighted by molar-refractivity contribution is 7.80. The van der Waals surface area contributed by atoms with Crippen LogP contribution in [0.1, 0.15) is 140 Å². The Kier molecular flexibility index (Phi) is 46.6. The number of carbonyl (C=O) groups is 2. The number of aldehydes is 1. The van der Waals surface area contributed by atoms with E-state index in [1.165, 1.54) is 30.1 Å². The van der Waals surface area contributed by atoms with Crippen molar-refractivity contribution in [3.63, 3.8) is 0 Å². The van der Waals surface area contributed by atoms with Crippen LogP contribution in [0.15, 0.2) is 164 Å². The number of Topliss-reactive ketones (excluding diaryl/α,β-unsaturated/α-hetero) is 1. The molecular weight excluding hydrogens is 1410 g/mol. The maximum atomic E-state index is 14.8. The molecule has 15 atom stereocenters. The molecule has 0 saturated carbocycles. The Morgan fingerprint density at radius 1 is 0.657 bits per heavy atom. The number of benzene rings is 4. The van der Waals surface area contributed by atoms with Gasteiger partial charge in [0, 0.05) is 124 Å². The van der Waals surface area contributed by atoms with Crippen LogP contribution in [0.25, 0.3) is 0 Å². The van der Waals surface area contributed by atoms with Crippen LogP contribution in [0, 0.1) is 41.1 Å². The molecule has 6 heterocycles. The van der Waals surface area contributed by atoms with Crippen LogP contribution in [0.4, 0.5) is 13.2 Å². The Morgan fingerprint density at radius 3 is 1.67 bits per heavy atom. The van der Waals surface area contributed by atoms with Gasteiger partial charge in [0.1, 0.15) is 30.3 Å². The molecule has 108 heavy (non-hydrogen) atoms. The molecule has 20 nitrogen and oxygen atoms in total. The van der Waals surface area contributed by atoms with Gasteiger partial charge in [0.2, 0.25) is 0 Å². The molecule has 602 valence electrons. The molecule has 0 aromatic heterocycles. The van der Waals surface area contributed by atoms with Crippen molar-refractivity contribution in [2.45, 2.75) is 185 Å². The number of thiocarbonyl (C=S) groups is 1. The summed E-state index contributed by atoms with van der Waals surface area (Å²) in [6.45, 7) is 35.2. The first-order valence-corrected chi connectivity index (χ1v) is 37.5. The van der Waals surface area contributed by atoms with E-state index in [2.05, 4.69) is 50.5 Å². The van der Waals surface area contributed by atoms with Gasteiger partial charge >= 0.3 is 0 Å². The van der Waals surface area contributed by atoms with E-state index in [1.54, 1.807) is 100 Å². The van der Waals surface area contributed by atoms with Crippen LogP contribution in [0.5, 0.6) is 0 Å². The van der Waals surface area contributed by atoms with Crippen molar-refractivity contribution in [1.29, 1.82) is 0 Å². The third-order valence-electron chi connectivity index (χ3n) is 19.8. The second kappa shape index (κ2) is 52.6. The van der Waals surface area contributed by atoms with Crippen molar-refractivity contribution in [3.05, 3.63) is 193 Å². The number of ether oxygens (including phenoxy) is 10. The minimum absolute atomic E-state index is 0.0464. The van der Waals surface area contributed by atoms with Gasteiger partial charge in [-0.15, -0.1) is 31.5 Å². The van der Waals surface area contributed by atoms with Crippen molar-refractivity contribution in [3.8, 4) is 0 Å². The van der Waals surface area contributed by atoms with Crippen molar-refractivity contribution in [2.24, 2.45) is 39.7 Å². The van der Waals surface area contributed by atoms with Gasteiger partial charge in [0.05, 0.1) is 112 Å². The quantitative estimate of drug-likeness (QED) is 0.00407. The van der Waals surface area contributed by atoms with Gasteiger partial charge in [0.25, 0.3) is 0 Å². The second-order valence-corrected chi connectivity index (χ2v) is 27.7. The average molecular weight is 1530 g/mol. The van der Waals surface area contributed by atoms with Crippen molar-refractivity contribution >= 4 is 41.1 Å². The summed E-state index contributed by atoms with van der Waals surface area (Å²) >= 11 is 5.60. The molecule has 0 radical (unpaired) electrons. The number of halogens is 3. The lowest BCUT2D eigenvalue weighted by molar-refractivity contribution is -0.117. The van der Waals surface area contributed by atoms with Gasteiger partial charge in [-0.25, -0.2) is 13.2 Å². The van der Waals surface area contributed by atoms with E-state index in [0.29, 0.717) is 119 Å².